The molecule has 0 aliphatic heterocycles. The van der Waals surface area contributed by atoms with E-state index in [0.29, 0.717) is 29.2 Å². The van der Waals surface area contributed by atoms with Crippen molar-refractivity contribution in [2.45, 2.75) is 31.7 Å². The number of amides is 1. The maximum absolute atomic E-state index is 12.0. The number of hydrogen-bond donors (Lipinski definition) is 1. The molecule has 0 saturated heterocycles. The fourth-order valence-electron chi connectivity index (χ4n) is 2.59. The smallest absolute Gasteiger partial charge is 0.258 e. The van der Waals surface area contributed by atoms with E-state index in [9.17, 15) is 4.79 Å². The third-order valence-corrected chi connectivity index (χ3v) is 3.95. The highest BCUT2D eigenvalue weighted by Crippen LogP contribution is 2.44. The third-order valence-electron chi connectivity index (χ3n) is 3.95. The van der Waals surface area contributed by atoms with Crippen LogP contribution in [0.25, 0.3) is 0 Å². The van der Waals surface area contributed by atoms with E-state index in [-0.39, 0.29) is 12.5 Å². The van der Waals surface area contributed by atoms with Gasteiger partial charge in [-0.05, 0) is 49.7 Å². The molecule has 0 bridgehead atoms. The maximum atomic E-state index is 12.0. The predicted octanol–water partition coefficient (Wildman–Crippen LogP) is 2.24. The Kier molecular flexibility index (Phi) is 3.60. The first-order chi connectivity index (χ1) is 9.78. The van der Waals surface area contributed by atoms with Crippen molar-refractivity contribution in [3.63, 3.8) is 0 Å². The van der Waals surface area contributed by atoms with Gasteiger partial charge in [0.1, 0.15) is 11.8 Å². The van der Waals surface area contributed by atoms with Crippen LogP contribution < -0.4 is 10.1 Å². The van der Waals surface area contributed by atoms with Gasteiger partial charge in [0.15, 0.2) is 6.61 Å². The summed E-state index contributed by atoms with van der Waals surface area (Å²) in [7, 11) is 0. The van der Waals surface area contributed by atoms with Gasteiger partial charge in [-0.25, -0.2) is 0 Å². The molecule has 0 atom stereocenters. The minimum absolute atomic E-state index is 0.0192. The quantitative estimate of drug-likeness (QED) is 0.862. The highest BCUT2D eigenvalue weighted by atomic mass is 16.5. The predicted molar refractivity (Wildman–Crippen MR) is 74.0 cm³/mol. The first-order valence-corrected chi connectivity index (χ1v) is 7.19. The van der Waals surface area contributed by atoms with Gasteiger partial charge in [-0.3, -0.25) is 4.79 Å². The van der Waals surface area contributed by atoms with E-state index in [0.717, 1.165) is 0 Å². The molecule has 2 fully saturated rings. The fraction of sp³-hybridized carbons (Fsp3) is 0.500. The van der Waals surface area contributed by atoms with E-state index in [2.05, 4.69) is 11.4 Å². The molecule has 4 nitrogen and oxygen atoms in total. The average molecular weight is 270 g/mol. The molecular formula is C16H18N2O2. The van der Waals surface area contributed by atoms with Crippen LogP contribution in [0.15, 0.2) is 24.3 Å². The van der Waals surface area contributed by atoms with Crippen LogP contribution in [0.1, 0.15) is 31.2 Å². The second-order valence-corrected chi connectivity index (χ2v) is 5.66. The third kappa shape index (κ3) is 3.11. The number of ether oxygens (including phenoxy) is 1. The molecule has 1 aromatic rings. The van der Waals surface area contributed by atoms with Crippen LogP contribution >= 0.6 is 0 Å². The number of nitriles is 1. The van der Waals surface area contributed by atoms with Gasteiger partial charge in [0, 0.05) is 6.04 Å². The number of carbonyl (C=O) groups excluding carboxylic acids is 1. The van der Waals surface area contributed by atoms with Crippen molar-refractivity contribution in [2.75, 3.05) is 6.61 Å². The molecule has 0 aromatic heterocycles. The Bertz CT molecular complexity index is 530. The number of rotatable bonds is 6. The molecule has 20 heavy (non-hydrogen) atoms. The Morgan fingerprint density at radius 3 is 2.55 bits per heavy atom. The van der Waals surface area contributed by atoms with E-state index >= 15 is 0 Å². The van der Waals surface area contributed by atoms with Crippen molar-refractivity contribution >= 4 is 5.91 Å². The molecular weight excluding hydrogens is 252 g/mol. The summed E-state index contributed by atoms with van der Waals surface area (Å²) in [6.07, 6.45) is 4.94. The zero-order valence-electron chi connectivity index (χ0n) is 11.3. The normalized spacial score (nSPS) is 17.6. The van der Waals surface area contributed by atoms with Crippen LogP contribution in [0.5, 0.6) is 5.75 Å². The van der Waals surface area contributed by atoms with Gasteiger partial charge in [0.05, 0.1) is 5.56 Å². The lowest BCUT2D eigenvalue weighted by molar-refractivity contribution is -0.124. The van der Waals surface area contributed by atoms with Crippen LogP contribution in [0.2, 0.25) is 0 Å². The molecule has 1 amide bonds. The van der Waals surface area contributed by atoms with Crippen molar-refractivity contribution in [3.05, 3.63) is 29.8 Å². The number of nitrogens with zero attached hydrogens (tertiary/aromatic N) is 1. The molecule has 104 valence electrons. The van der Waals surface area contributed by atoms with E-state index in [1.54, 1.807) is 24.3 Å². The highest BCUT2D eigenvalue weighted by molar-refractivity contribution is 5.78. The van der Waals surface area contributed by atoms with Crippen molar-refractivity contribution in [2.24, 2.45) is 11.8 Å². The fourth-order valence-corrected chi connectivity index (χ4v) is 2.59. The van der Waals surface area contributed by atoms with E-state index in [1.165, 1.54) is 25.7 Å². The Morgan fingerprint density at radius 2 is 1.95 bits per heavy atom. The average Bonchev–Trinajstić information content (AvgIpc) is 3.35. The first-order valence-electron chi connectivity index (χ1n) is 7.19. The molecule has 0 heterocycles. The van der Waals surface area contributed by atoms with Crippen molar-refractivity contribution in [3.8, 4) is 11.8 Å². The van der Waals surface area contributed by atoms with Gasteiger partial charge >= 0.3 is 0 Å². The molecule has 2 aliphatic carbocycles. The minimum atomic E-state index is -0.0819. The number of nitrogens with one attached hydrogen (secondary N) is 1. The van der Waals surface area contributed by atoms with Gasteiger partial charge < -0.3 is 10.1 Å². The van der Waals surface area contributed by atoms with E-state index in [1.807, 2.05) is 0 Å². The minimum Gasteiger partial charge on any atom is -0.482 e. The summed E-state index contributed by atoms with van der Waals surface area (Å²) in [6.45, 7) is -0.0192. The Balaban J connectivity index is 1.52. The lowest BCUT2D eigenvalue weighted by Gasteiger charge is -2.17. The van der Waals surface area contributed by atoms with Gasteiger partial charge in [-0.2, -0.15) is 5.26 Å². The number of hydrogen-bond acceptors (Lipinski definition) is 3. The highest BCUT2D eigenvalue weighted by Gasteiger charge is 2.42. The van der Waals surface area contributed by atoms with E-state index in [4.69, 9.17) is 10.00 Å². The molecule has 0 unspecified atom stereocenters. The number of carbonyl (C=O) groups is 1. The zero-order chi connectivity index (χ0) is 13.9. The number of benzene rings is 1. The lowest BCUT2D eigenvalue weighted by atomic mass is 10.1. The standard InChI is InChI=1S/C16H18N2O2/c17-9-13-3-1-2-4-14(13)20-10-15(19)18-16(11-5-6-11)12-7-8-12/h1-4,11-12,16H,5-8,10H2,(H,18,19). The molecule has 0 spiro atoms. The monoisotopic (exact) mass is 270 g/mol. The first kappa shape index (κ1) is 13.0. The summed E-state index contributed by atoms with van der Waals surface area (Å²) in [6, 6.07) is 9.38. The second-order valence-electron chi connectivity index (χ2n) is 5.66. The molecule has 4 heteroatoms. The topological polar surface area (TPSA) is 62.1 Å². The summed E-state index contributed by atoms with van der Waals surface area (Å²) < 4.78 is 5.46. The van der Waals surface area contributed by atoms with Crippen LogP contribution in [0.4, 0.5) is 0 Å². The molecule has 3 rings (SSSR count). The molecule has 2 saturated carbocycles. The van der Waals surface area contributed by atoms with Crippen molar-refractivity contribution < 1.29 is 9.53 Å². The van der Waals surface area contributed by atoms with Crippen molar-refractivity contribution in [1.29, 1.82) is 5.26 Å². The number of para-hydroxylation sites is 1. The summed E-state index contributed by atoms with van der Waals surface area (Å²) in [5.74, 6) is 1.75. The van der Waals surface area contributed by atoms with Gasteiger partial charge in [0.2, 0.25) is 0 Å². The second kappa shape index (κ2) is 5.54. The van der Waals surface area contributed by atoms with Crippen LogP contribution in [-0.2, 0) is 4.79 Å². The summed E-state index contributed by atoms with van der Waals surface area (Å²) in [4.78, 5) is 12.0. The molecule has 1 N–H and O–H groups in total. The summed E-state index contributed by atoms with van der Waals surface area (Å²) >= 11 is 0. The van der Waals surface area contributed by atoms with Gasteiger partial charge in [0.25, 0.3) is 5.91 Å². The van der Waals surface area contributed by atoms with Crippen LogP contribution in [-0.4, -0.2) is 18.6 Å². The molecule has 0 radical (unpaired) electrons. The summed E-state index contributed by atoms with van der Waals surface area (Å²) in [5.41, 5.74) is 0.459. The molecule has 1 aromatic carbocycles. The Morgan fingerprint density at radius 1 is 1.30 bits per heavy atom. The SMILES string of the molecule is N#Cc1ccccc1OCC(=O)NC(C1CC1)C1CC1. The van der Waals surface area contributed by atoms with E-state index < -0.39 is 0 Å². The van der Waals surface area contributed by atoms with Crippen LogP contribution in [0.3, 0.4) is 0 Å². The van der Waals surface area contributed by atoms with Gasteiger partial charge in [-0.15, -0.1) is 0 Å². The van der Waals surface area contributed by atoms with Crippen LogP contribution in [0, 0.1) is 23.2 Å². The van der Waals surface area contributed by atoms with Gasteiger partial charge in [-0.1, -0.05) is 12.1 Å². The summed E-state index contributed by atoms with van der Waals surface area (Å²) in [5, 5.41) is 12.1. The van der Waals surface area contributed by atoms with Crippen molar-refractivity contribution in [1.82, 2.24) is 5.32 Å². The Labute approximate surface area is 118 Å². The zero-order valence-corrected chi connectivity index (χ0v) is 11.3. The Hall–Kier alpha value is -2.02. The molecule has 2 aliphatic rings. The largest absolute Gasteiger partial charge is 0.482 e. The maximum Gasteiger partial charge on any atom is 0.258 e. The lowest BCUT2D eigenvalue weighted by Crippen LogP contribution is -2.40.